The van der Waals surface area contributed by atoms with Crippen molar-refractivity contribution < 1.29 is 9.53 Å². The largest absolute Gasteiger partial charge is 0.486 e. The van der Waals surface area contributed by atoms with Crippen molar-refractivity contribution in [2.24, 2.45) is 5.92 Å². The molecule has 0 atom stereocenters. The summed E-state index contributed by atoms with van der Waals surface area (Å²) >= 11 is 1.41. The Balaban J connectivity index is 1.70. The van der Waals surface area contributed by atoms with Gasteiger partial charge in [-0.3, -0.25) is 4.79 Å². The smallest absolute Gasteiger partial charge is 0.234 e. The average molecular weight is 509 g/mol. The number of carbonyl (C=O) groups is 1. The van der Waals surface area contributed by atoms with Crippen LogP contribution >= 0.6 is 11.8 Å². The van der Waals surface area contributed by atoms with E-state index in [0.717, 1.165) is 46.5 Å². The predicted molar refractivity (Wildman–Crippen MR) is 149 cm³/mol. The number of carbonyl (C=O) groups excluding carboxylic acids is 1. The van der Waals surface area contributed by atoms with Crippen molar-refractivity contribution in [1.82, 2.24) is 14.8 Å². The summed E-state index contributed by atoms with van der Waals surface area (Å²) in [5.41, 5.74) is 4.54. The molecule has 1 aromatic heterocycles. The molecular formula is C29H40N4O2S. The molecule has 0 saturated carbocycles. The van der Waals surface area contributed by atoms with E-state index in [0.29, 0.717) is 24.4 Å². The second kappa shape index (κ2) is 12.9. The van der Waals surface area contributed by atoms with Crippen molar-refractivity contribution in [2.45, 2.75) is 85.0 Å². The van der Waals surface area contributed by atoms with Crippen molar-refractivity contribution in [3.63, 3.8) is 0 Å². The summed E-state index contributed by atoms with van der Waals surface area (Å²) in [6.45, 7) is 16.2. The van der Waals surface area contributed by atoms with Gasteiger partial charge in [0.05, 0.1) is 5.75 Å². The van der Waals surface area contributed by atoms with Crippen LogP contribution in [0.15, 0.2) is 47.6 Å². The average Bonchev–Trinajstić information content (AvgIpc) is 3.22. The lowest BCUT2D eigenvalue weighted by molar-refractivity contribution is -0.113. The number of nitrogens with zero attached hydrogens (tertiary/aromatic N) is 3. The number of benzene rings is 2. The lowest BCUT2D eigenvalue weighted by Crippen LogP contribution is -2.18. The predicted octanol–water partition coefficient (Wildman–Crippen LogP) is 7.05. The van der Waals surface area contributed by atoms with Crippen LogP contribution in [0.2, 0.25) is 0 Å². The fourth-order valence-corrected chi connectivity index (χ4v) is 4.82. The van der Waals surface area contributed by atoms with Crippen molar-refractivity contribution in [1.29, 1.82) is 0 Å². The number of rotatable bonds is 12. The summed E-state index contributed by atoms with van der Waals surface area (Å²) < 4.78 is 8.06. The van der Waals surface area contributed by atoms with Crippen LogP contribution in [0.3, 0.4) is 0 Å². The fourth-order valence-electron chi connectivity index (χ4n) is 4.05. The standard InChI is InChI=1S/C29H40N4O2S/c1-8-22-12-14-23(15-13-22)35-17-26-31-32-29(33(26)16-19(2)3)36-18-27(34)30-28-24(20(4)5)10-9-11-25(28)21(6)7/h9-15,19-21H,8,16-18H2,1-7H3,(H,30,34). The van der Waals surface area contributed by atoms with Gasteiger partial charge in [-0.15, -0.1) is 10.2 Å². The molecule has 2 aromatic carbocycles. The quantitative estimate of drug-likeness (QED) is 0.265. The summed E-state index contributed by atoms with van der Waals surface area (Å²) in [6, 6.07) is 14.4. The first kappa shape index (κ1) is 27.8. The van der Waals surface area contributed by atoms with Gasteiger partial charge in [-0.1, -0.05) is 90.6 Å². The minimum Gasteiger partial charge on any atom is -0.486 e. The first-order valence-electron chi connectivity index (χ1n) is 12.9. The lowest BCUT2D eigenvalue weighted by atomic mass is 9.92. The van der Waals surface area contributed by atoms with E-state index in [9.17, 15) is 4.79 Å². The van der Waals surface area contributed by atoms with Crippen LogP contribution in [-0.2, 0) is 24.4 Å². The van der Waals surface area contributed by atoms with Crippen molar-refractivity contribution in [3.8, 4) is 5.75 Å². The molecule has 0 unspecified atom stereocenters. The third-order valence-corrected chi connectivity index (χ3v) is 6.98. The maximum Gasteiger partial charge on any atom is 0.234 e. The van der Waals surface area contributed by atoms with E-state index in [2.05, 4.69) is 98.9 Å². The Bertz CT molecular complexity index is 1110. The van der Waals surface area contributed by atoms with Crippen LogP contribution in [-0.4, -0.2) is 26.4 Å². The fraction of sp³-hybridized carbons (Fsp3) is 0.483. The molecule has 0 fully saturated rings. The minimum atomic E-state index is -0.0390. The molecule has 194 valence electrons. The third kappa shape index (κ3) is 7.36. The monoisotopic (exact) mass is 508 g/mol. The van der Waals surface area contributed by atoms with Gasteiger partial charge in [0.15, 0.2) is 11.0 Å². The van der Waals surface area contributed by atoms with Gasteiger partial charge in [0.25, 0.3) is 0 Å². The van der Waals surface area contributed by atoms with E-state index in [1.807, 2.05) is 12.1 Å². The van der Waals surface area contributed by atoms with Gasteiger partial charge in [-0.2, -0.15) is 0 Å². The van der Waals surface area contributed by atoms with Gasteiger partial charge in [0.2, 0.25) is 5.91 Å². The molecule has 0 radical (unpaired) electrons. The number of hydrogen-bond acceptors (Lipinski definition) is 5. The number of aromatic nitrogens is 3. The van der Waals surface area contributed by atoms with Crippen LogP contribution in [0, 0.1) is 5.92 Å². The first-order valence-corrected chi connectivity index (χ1v) is 13.9. The Morgan fingerprint density at radius 2 is 1.61 bits per heavy atom. The van der Waals surface area contributed by atoms with Gasteiger partial charge in [-0.25, -0.2) is 0 Å². The van der Waals surface area contributed by atoms with E-state index in [-0.39, 0.29) is 11.7 Å². The number of hydrogen-bond donors (Lipinski definition) is 1. The number of ether oxygens (including phenoxy) is 1. The molecule has 36 heavy (non-hydrogen) atoms. The molecule has 0 aliphatic carbocycles. The zero-order valence-corrected chi connectivity index (χ0v) is 23.5. The molecule has 1 N–H and O–H groups in total. The van der Waals surface area contributed by atoms with Crippen molar-refractivity contribution >= 4 is 23.4 Å². The maximum atomic E-state index is 13.0. The number of aryl methyl sites for hydroxylation is 1. The van der Waals surface area contributed by atoms with Crippen LogP contribution in [0.1, 0.15) is 82.8 Å². The summed E-state index contributed by atoms with van der Waals surface area (Å²) in [6.07, 6.45) is 0.999. The molecule has 0 aliphatic heterocycles. The molecule has 3 aromatic rings. The van der Waals surface area contributed by atoms with E-state index < -0.39 is 0 Å². The number of nitrogens with one attached hydrogen (secondary N) is 1. The van der Waals surface area contributed by atoms with Crippen LogP contribution < -0.4 is 10.1 Å². The van der Waals surface area contributed by atoms with Crippen molar-refractivity contribution in [3.05, 3.63) is 65.0 Å². The molecule has 7 heteroatoms. The van der Waals surface area contributed by atoms with Crippen LogP contribution in [0.25, 0.3) is 0 Å². The van der Waals surface area contributed by atoms with Gasteiger partial charge >= 0.3 is 0 Å². The molecule has 1 amide bonds. The summed E-state index contributed by atoms with van der Waals surface area (Å²) in [5.74, 6) is 2.84. The zero-order valence-electron chi connectivity index (χ0n) is 22.7. The first-order chi connectivity index (χ1) is 17.2. The number of anilines is 1. The SMILES string of the molecule is CCc1ccc(OCc2nnc(SCC(=O)Nc3c(C(C)C)cccc3C(C)C)n2CC(C)C)cc1. The molecule has 6 nitrogen and oxygen atoms in total. The molecule has 1 heterocycles. The Morgan fingerprint density at radius 3 is 2.17 bits per heavy atom. The van der Waals surface area contributed by atoms with Crippen LogP contribution in [0.5, 0.6) is 5.75 Å². The summed E-state index contributed by atoms with van der Waals surface area (Å²) in [4.78, 5) is 13.0. The molecule has 0 aliphatic rings. The highest BCUT2D eigenvalue weighted by Crippen LogP contribution is 2.32. The lowest BCUT2D eigenvalue weighted by Gasteiger charge is -2.20. The molecule has 3 rings (SSSR count). The Morgan fingerprint density at radius 1 is 0.972 bits per heavy atom. The highest BCUT2D eigenvalue weighted by molar-refractivity contribution is 7.99. The normalized spacial score (nSPS) is 11.5. The second-order valence-corrected chi connectivity index (χ2v) is 11.1. The Kier molecular flexibility index (Phi) is 9.99. The van der Waals surface area contributed by atoms with E-state index in [1.165, 1.54) is 17.3 Å². The topological polar surface area (TPSA) is 69.0 Å². The van der Waals surface area contributed by atoms with Gasteiger partial charge < -0.3 is 14.6 Å². The van der Waals surface area contributed by atoms with Crippen molar-refractivity contribution in [2.75, 3.05) is 11.1 Å². The van der Waals surface area contributed by atoms with Gasteiger partial charge in [0, 0.05) is 12.2 Å². The molecule has 0 bridgehead atoms. The Hall–Kier alpha value is -2.80. The van der Waals surface area contributed by atoms with E-state index in [1.54, 1.807) is 0 Å². The molecule has 0 spiro atoms. The molecular weight excluding hydrogens is 468 g/mol. The summed E-state index contributed by atoms with van der Waals surface area (Å²) in [7, 11) is 0. The van der Waals surface area contributed by atoms with E-state index in [4.69, 9.17) is 4.74 Å². The Labute approximate surface area is 220 Å². The second-order valence-electron chi connectivity index (χ2n) is 10.1. The molecule has 0 saturated heterocycles. The third-order valence-electron chi connectivity index (χ3n) is 6.01. The highest BCUT2D eigenvalue weighted by Gasteiger charge is 2.19. The van der Waals surface area contributed by atoms with Gasteiger partial charge in [0.1, 0.15) is 12.4 Å². The number of para-hydroxylation sites is 1. The zero-order chi connectivity index (χ0) is 26.2. The maximum absolute atomic E-state index is 13.0. The van der Waals surface area contributed by atoms with E-state index >= 15 is 0 Å². The highest BCUT2D eigenvalue weighted by atomic mass is 32.2. The van der Waals surface area contributed by atoms with Gasteiger partial charge in [-0.05, 0) is 53.0 Å². The van der Waals surface area contributed by atoms with Crippen LogP contribution in [0.4, 0.5) is 5.69 Å². The number of amides is 1. The number of thioether (sulfide) groups is 1. The minimum absolute atomic E-state index is 0.0390. The summed E-state index contributed by atoms with van der Waals surface area (Å²) in [5, 5.41) is 12.7.